The first-order valence-electron chi connectivity index (χ1n) is 4.24. The summed E-state index contributed by atoms with van der Waals surface area (Å²) < 4.78 is 40.3. The van der Waals surface area contributed by atoms with E-state index in [-0.39, 0.29) is 5.03 Å². The molecule has 0 spiro atoms. The van der Waals surface area contributed by atoms with Gasteiger partial charge in [-0.15, -0.1) is 0 Å². The van der Waals surface area contributed by atoms with E-state index in [1.807, 2.05) is 0 Å². The molecule has 0 aliphatic carbocycles. The summed E-state index contributed by atoms with van der Waals surface area (Å²) in [4.78, 5) is 7.09. The molecule has 0 aliphatic rings. The number of pyridine rings is 1. The Morgan fingerprint density at radius 2 is 2.00 bits per heavy atom. The summed E-state index contributed by atoms with van der Waals surface area (Å²) in [6.45, 7) is 0. The first kappa shape index (κ1) is 11.0. The van der Waals surface area contributed by atoms with Gasteiger partial charge >= 0.3 is 0 Å². The van der Waals surface area contributed by atoms with E-state index in [2.05, 4.69) is 9.97 Å². The molecule has 0 saturated carbocycles. The van der Waals surface area contributed by atoms with E-state index in [0.29, 0.717) is 11.2 Å². The van der Waals surface area contributed by atoms with Crippen molar-refractivity contribution >= 4 is 11.8 Å². The van der Waals surface area contributed by atoms with Crippen LogP contribution in [0, 0.1) is 17.6 Å². The Labute approximate surface area is 93.3 Å². The highest BCUT2D eigenvalue weighted by atomic mass is 32.2. The maximum atomic E-state index is 13.2. The van der Waals surface area contributed by atoms with E-state index >= 15 is 0 Å². The third-order valence-corrected chi connectivity index (χ3v) is 2.88. The summed E-state index contributed by atoms with van der Waals surface area (Å²) in [7, 11) is 1.70. The van der Waals surface area contributed by atoms with E-state index in [0.717, 1.165) is 11.8 Å². The predicted octanol–water partition coefficient (Wildman–Crippen LogP) is 2.38. The third kappa shape index (κ3) is 2.04. The van der Waals surface area contributed by atoms with Crippen molar-refractivity contribution in [1.29, 1.82) is 0 Å². The molecule has 2 rings (SSSR count). The normalized spacial score (nSPS) is 10.8. The highest BCUT2D eigenvalue weighted by Gasteiger charge is 2.14. The topological polar surface area (TPSA) is 30.7 Å². The van der Waals surface area contributed by atoms with E-state index in [1.165, 1.54) is 6.20 Å². The van der Waals surface area contributed by atoms with Gasteiger partial charge in [-0.25, -0.2) is 18.7 Å². The van der Waals surface area contributed by atoms with Gasteiger partial charge in [0.15, 0.2) is 16.8 Å². The van der Waals surface area contributed by atoms with E-state index in [9.17, 15) is 13.2 Å². The van der Waals surface area contributed by atoms with Crippen LogP contribution in [-0.2, 0) is 7.05 Å². The molecule has 0 N–H and O–H groups in total. The number of nitrogens with zero attached hydrogens (tertiary/aromatic N) is 3. The van der Waals surface area contributed by atoms with Crippen LogP contribution in [0.3, 0.4) is 0 Å². The van der Waals surface area contributed by atoms with Crippen LogP contribution in [0.2, 0.25) is 0 Å². The molecular formula is C9H6F3N3S. The number of hydrogen-bond donors (Lipinski definition) is 0. The van der Waals surface area contributed by atoms with Crippen molar-refractivity contribution in [3.05, 3.63) is 36.0 Å². The summed E-state index contributed by atoms with van der Waals surface area (Å²) in [5.74, 6) is -3.54. The van der Waals surface area contributed by atoms with Gasteiger partial charge in [0.2, 0.25) is 5.95 Å². The first-order valence-corrected chi connectivity index (χ1v) is 5.06. The first-order chi connectivity index (χ1) is 7.58. The van der Waals surface area contributed by atoms with Gasteiger partial charge in [0, 0.05) is 25.5 Å². The van der Waals surface area contributed by atoms with Crippen LogP contribution in [-0.4, -0.2) is 14.5 Å². The molecule has 0 radical (unpaired) electrons. The summed E-state index contributed by atoms with van der Waals surface area (Å²) in [6.07, 6.45) is 3.17. The fourth-order valence-electron chi connectivity index (χ4n) is 1.04. The SMILES string of the molecule is Cn1ccnc1Sc1nc(F)c(F)cc1F. The molecular weight excluding hydrogens is 239 g/mol. The zero-order chi connectivity index (χ0) is 11.7. The van der Waals surface area contributed by atoms with E-state index in [1.54, 1.807) is 17.8 Å². The Morgan fingerprint density at radius 1 is 1.25 bits per heavy atom. The standard InChI is InChI=1S/C9H6F3N3S/c1-15-3-2-13-9(15)16-8-6(11)4-5(10)7(12)14-8/h2-4H,1H3. The van der Waals surface area contributed by atoms with Crippen LogP contribution in [0.4, 0.5) is 13.2 Å². The lowest BCUT2D eigenvalue weighted by Crippen LogP contribution is -1.97. The fraction of sp³-hybridized carbons (Fsp3) is 0.111. The Balaban J connectivity index is 2.35. The van der Waals surface area contributed by atoms with Crippen molar-refractivity contribution in [3.8, 4) is 0 Å². The number of aromatic nitrogens is 3. The molecule has 2 heterocycles. The Morgan fingerprint density at radius 3 is 2.62 bits per heavy atom. The van der Waals surface area contributed by atoms with Crippen molar-refractivity contribution in [3.63, 3.8) is 0 Å². The predicted molar refractivity (Wildman–Crippen MR) is 51.4 cm³/mol. The highest BCUT2D eigenvalue weighted by molar-refractivity contribution is 7.99. The van der Waals surface area contributed by atoms with Crippen molar-refractivity contribution in [2.75, 3.05) is 0 Å². The average Bonchev–Trinajstić information content (AvgIpc) is 2.61. The molecule has 2 aromatic rings. The van der Waals surface area contributed by atoms with E-state index in [4.69, 9.17) is 0 Å². The highest BCUT2D eigenvalue weighted by Crippen LogP contribution is 2.27. The summed E-state index contributed by atoms with van der Waals surface area (Å²) in [5.41, 5.74) is 0. The molecule has 84 valence electrons. The molecule has 2 aromatic heterocycles. The average molecular weight is 245 g/mol. The monoisotopic (exact) mass is 245 g/mol. The number of aryl methyl sites for hydroxylation is 1. The van der Waals surface area contributed by atoms with Gasteiger partial charge < -0.3 is 4.57 Å². The van der Waals surface area contributed by atoms with Crippen LogP contribution in [0.1, 0.15) is 0 Å². The Kier molecular flexibility index (Phi) is 2.86. The summed E-state index contributed by atoms with van der Waals surface area (Å²) in [5, 5.41) is 0.200. The Bertz CT molecular complexity index is 527. The molecule has 0 amide bonds. The second kappa shape index (κ2) is 4.17. The van der Waals surface area contributed by atoms with Gasteiger partial charge in [-0.1, -0.05) is 0 Å². The van der Waals surface area contributed by atoms with Gasteiger partial charge in [0.05, 0.1) is 0 Å². The third-order valence-electron chi connectivity index (χ3n) is 1.82. The minimum absolute atomic E-state index is 0.242. The van der Waals surface area contributed by atoms with Crippen molar-refractivity contribution < 1.29 is 13.2 Å². The zero-order valence-corrected chi connectivity index (χ0v) is 8.93. The van der Waals surface area contributed by atoms with Crippen molar-refractivity contribution in [2.24, 2.45) is 7.05 Å². The van der Waals surface area contributed by atoms with Gasteiger partial charge in [-0.2, -0.15) is 4.39 Å². The molecule has 0 atom stereocenters. The van der Waals surface area contributed by atoms with Crippen LogP contribution < -0.4 is 0 Å². The lowest BCUT2D eigenvalue weighted by Gasteiger charge is -2.02. The molecule has 0 aliphatic heterocycles. The maximum absolute atomic E-state index is 13.2. The number of imidazole rings is 1. The molecule has 0 aromatic carbocycles. The second-order valence-corrected chi connectivity index (χ2v) is 3.93. The molecule has 0 unspecified atom stereocenters. The fourth-order valence-corrected chi connectivity index (χ4v) is 1.81. The van der Waals surface area contributed by atoms with Gasteiger partial charge in [-0.05, 0) is 11.8 Å². The van der Waals surface area contributed by atoms with Gasteiger partial charge in [-0.3, -0.25) is 0 Å². The van der Waals surface area contributed by atoms with Gasteiger partial charge in [0.25, 0.3) is 0 Å². The zero-order valence-electron chi connectivity index (χ0n) is 8.12. The largest absolute Gasteiger partial charge is 0.329 e. The number of hydrogen-bond acceptors (Lipinski definition) is 3. The lowest BCUT2D eigenvalue weighted by molar-refractivity contribution is 0.448. The Hall–Kier alpha value is -1.50. The van der Waals surface area contributed by atoms with Crippen LogP contribution >= 0.6 is 11.8 Å². The summed E-state index contributed by atoms with van der Waals surface area (Å²) in [6, 6.07) is 0.466. The van der Waals surface area contributed by atoms with Crippen molar-refractivity contribution in [1.82, 2.24) is 14.5 Å². The number of rotatable bonds is 2. The number of halogens is 3. The van der Waals surface area contributed by atoms with Crippen LogP contribution in [0.5, 0.6) is 0 Å². The smallest absolute Gasteiger partial charge is 0.250 e. The summed E-state index contributed by atoms with van der Waals surface area (Å²) >= 11 is 0.829. The molecule has 0 bridgehead atoms. The minimum Gasteiger partial charge on any atom is -0.329 e. The van der Waals surface area contributed by atoms with Crippen molar-refractivity contribution in [2.45, 2.75) is 10.2 Å². The molecule has 0 fully saturated rings. The van der Waals surface area contributed by atoms with Crippen LogP contribution in [0.25, 0.3) is 0 Å². The minimum atomic E-state index is -1.32. The van der Waals surface area contributed by atoms with Gasteiger partial charge in [0.1, 0.15) is 5.03 Å². The molecule has 3 nitrogen and oxygen atoms in total. The lowest BCUT2D eigenvalue weighted by atomic mass is 10.4. The molecule has 7 heteroatoms. The quantitative estimate of drug-likeness (QED) is 0.761. The molecule has 0 saturated heterocycles. The van der Waals surface area contributed by atoms with E-state index < -0.39 is 17.6 Å². The second-order valence-electron chi connectivity index (χ2n) is 2.97. The van der Waals surface area contributed by atoms with Crippen LogP contribution in [0.15, 0.2) is 28.6 Å². The maximum Gasteiger partial charge on any atom is 0.250 e. The molecule has 16 heavy (non-hydrogen) atoms.